The van der Waals surface area contributed by atoms with Crippen molar-refractivity contribution in [3.8, 4) is 22.9 Å². The van der Waals surface area contributed by atoms with E-state index in [1.54, 1.807) is 12.1 Å². The van der Waals surface area contributed by atoms with Crippen LogP contribution in [0.3, 0.4) is 0 Å². The molecule has 0 aliphatic rings. The summed E-state index contributed by atoms with van der Waals surface area (Å²) in [6.45, 7) is 0. The fraction of sp³-hybridized carbons (Fsp3) is 0.0769. The molecule has 0 atom stereocenters. The summed E-state index contributed by atoms with van der Waals surface area (Å²) in [4.78, 5) is 14.7. The fourth-order valence-electron chi connectivity index (χ4n) is 1.73. The van der Waals surface area contributed by atoms with Gasteiger partial charge in [0.25, 0.3) is 0 Å². The molecular weight excluding hydrogens is 355 g/mol. The molecule has 0 aliphatic heterocycles. The summed E-state index contributed by atoms with van der Waals surface area (Å²) in [5.74, 6) is -0.0778. The van der Waals surface area contributed by atoms with Crippen molar-refractivity contribution in [1.29, 1.82) is 0 Å². The SMILES string of the molecule is COc1c(Cl)ccc(-c2cc(N)c(Cl)c(OC(=O)O)n2)c1Cl. The van der Waals surface area contributed by atoms with Crippen LogP contribution < -0.4 is 15.2 Å². The number of nitrogen functional groups attached to an aromatic ring is 1. The Hall–Kier alpha value is -1.89. The number of hydrogen-bond acceptors (Lipinski definition) is 5. The van der Waals surface area contributed by atoms with Crippen molar-refractivity contribution in [2.45, 2.75) is 0 Å². The zero-order valence-electron chi connectivity index (χ0n) is 11.1. The first-order valence-corrected chi connectivity index (χ1v) is 6.87. The number of aromatic nitrogens is 1. The van der Waals surface area contributed by atoms with Crippen LogP contribution in [0, 0.1) is 0 Å². The molecule has 2 aromatic rings. The Morgan fingerprint density at radius 3 is 2.55 bits per heavy atom. The van der Waals surface area contributed by atoms with Crippen LogP contribution in [0.1, 0.15) is 0 Å². The van der Waals surface area contributed by atoms with E-state index in [0.29, 0.717) is 10.6 Å². The molecule has 0 saturated heterocycles. The molecule has 1 aromatic carbocycles. The van der Waals surface area contributed by atoms with E-state index in [4.69, 9.17) is 50.4 Å². The summed E-state index contributed by atoms with van der Waals surface area (Å²) in [6.07, 6.45) is -1.56. The smallest absolute Gasteiger partial charge is 0.494 e. The van der Waals surface area contributed by atoms with E-state index in [1.165, 1.54) is 13.2 Å². The van der Waals surface area contributed by atoms with E-state index < -0.39 is 6.16 Å². The molecule has 0 radical (unpaired) electrons. The molecule has 2 rings (SSSR count). The largest absolute Gasteiger partial charge is 0.512 e. The number of benzene rings is 1. The maximum atomic E-state index is 10.7. The van der Waals surface area contributed by atoms with Gasteiger partial charge in [-0.05, 0) is 18.2 Å². The highest BCUT2D eigenvalue weighted by Crippen LogP contribution is 2.41. The lowest BCUT2D eigenvalue weighted by Gasteiger charge is -2.12. The molecule has 3 N–H and O–H groups in total. The lowest BCUT2D eigenvalue weighted by atomic mass is 10.1. The van der Waals surface area contributed by atoms with Crippen LogP contribution in [0.2, 0.25) is 15.1 Å². The van der Waals surface area contributed by atoms with Crippen molar-refractivity contribution in [1.82, 2.24) is 4.98 Å². The van der Waals surface area contributed by atoms with Gasteiger partial charge in [0.05, 0.1) is 28.5 Å². The van der Waals surface area contributed by atoms with Crippen LogP contribution in [-0.2, 0) is 0 Å². The molecule has 6 nitrogen and oxygen atoms in total. The number of methoxy groups -OCH3 is 1. The van der Waals surface area contributed by atoms with Crippen LogP contribution in [0.25, 0.3) is 11.3 Å². The van der Waals surface area contributed by atoms with Gasteiger partial charge in [-0.2, -0.15) is 0 Å². The van der Waals surface area contributed by atoms with Gasteiger partial charge in [0.1, 0.15) is 5.02 Å². The molecular formula is C13H9Cl3N2O4. The minimum Gasteiger partial charge on any atom is -0.494 e. The topological polar surface area (TPSA) is 94.7 Å². The fourth-order valence-corrected chi connectivity index (χ4v) is 2.49. The molecule has 0 spiro atoms. The van der Waals surface area contributed by atoms with Crippen molar-refractivity contribution in [2.75, 3.05) is 12.8 Å². The van der Waals surface area contributed by atoms with E-state index in [0.717, 1.165) is 0 Å². The second kappa shape index (κ2) is 6.48. The van der Waals surface area contributed by atoms with E-state index in [9.17, 15) is 4.79 Å². The highest BCUT2D eigenvalue weighted by molar-refractivity contribution is 6.39. The molecule has 0 unspecified atom stereocenters. The van der Waals surface area contributed by atoms with Gasteiger partial charge in [-0.1, -0.05) is 34.8 Å². The third-order valence-corrected chi connectivity index (χ3v) is 3.72. The van der Waals surface area contributed by atoms with Gasteiger partial charge >= 0.3 is 6.16 Å². The Balaban J connectivity index is 2.63. The number of anilines is 1. The quantitative estimate of drug-likeness (QED) is 0.787. The zero-order valence-corrected chi connectivity index (χ0v) is 13.3. The summed E-state index contributed by atoms with van der Waals surface area (Å²) in [5.41, 5.74) is 6.52. The monoisotopic (exact) mass is 362 g/mol. The third kappa shape index (κ3) is 3.14. The number of carboxylic acid groups (broad SMARTS) is 1. The normalized spacial score (nSPS) is 10.4. The maximum Gasteiger partial charge on any atom is 0.512 e. The van der Waals surface area contributed by atoms with E-state index >= 15 is 0 Å². The van der Waals surface area contributed by atoms with Crippen molar-refractivity contribution in [3.63, 3.8) is 0 Å². The van der Waals surface area contributed by atoms with Gasteiger partial charge in [-0.3, -0.25) is 0 Å². The standard InChI is InChI=1S/C13H9Cl3N2O4/c1-21-11-6(14)3-2-5(9(11)15)8-4-7(17)10(16)12(18-8)22-13(19)20/h2-4H,1H3,(H2,17,18)(H,19,20). The number of rotatable bonds is 3. The van der Waals surface area contributed by atoms with Gasteiger partial charge in [0, 0.05) is 5.56 Å². The second-order valence-electron chi connectivity index (χ2n) is 4.03. The number of nitrogens with two attached hydrogens (primary N) is 1. The van der Waals surface area contributed by atoms with Gasteiger partial charge in [-0.25, -0.2) is 9.78 Å². The molecule has 0 bridgehead atoms. The Kier molecular flexibility index (Phi) is 4.85. The molecule has 1 aromatic heterocycles. The molecule has 0 fully saturated rings. The molecule has 116 valence electrons. The minimum absolute atomic E-state index is 0.0906. The Morgan fingerprint density at radius 2 is 1.95 bits per heavy atom. The van der Waals surface area contributed by atoms with Crippen molar-refractivity contribution < 1.29 is 19.4 Å². The predicted octanol–water partition coefficient (Wildman–Crippen LogP) is 4.36. The van der Waals surface area contributed by atoms with E-state index in [1.807, 2.05) is 0 Å². The number of carbonyl (C=O) groups is 1. The summed E-state index contributed by atoms with van der Waals surface area (Å²) in [6, 6.07) is 4.59. The molecule has 1 heterocycles. The summed E-state index contributed by atoms with van der Waals surface area (Å²) >= 11 is 18.1. The first-order valence-electron chi connectivity index (χ1n) is 5.74. The van der Waals surface area contributed by atoms with Crippen LogP contribution in [0.4, 0.5) is 10.5 Å². The highest BCUT2D eigenvalue weighted by atomic mass is 35.5. The summed E-state index contributed by atoms with van der Waals surface area (Å²) in [7, 11) is 1.42. The third-order valence-electron chi connectivity index (χ3n) is 2.67. The number of ether oxygens (including phenoxy) is 2. The van der Waals surface area contributed by atoms with Crippen molar-refractivity contribution in [3.05, 3.63) is 33.3 Å². The number of halogens is 3. The zero-order chi connectivity index (χ0) is 16.4. The number of hydrogen-bond donors (Lipinski definition) is 2. The van der Waals surface area contributed by atoms with Crippen LogP contribution >= 0.6 is 34.8 Å². The predicted molar refractivity (Wildman–Crippen MR) is 84.3 cm³/mol. The van der Waals surface area contributed by atoms with E-state index in [-0.39, 0.29) is 33.1 Å². The first-order chi connectivity index (χ1) is 10.3. The average Bonchev–Trinajstić information content (AvgIpc) is 2.44. The van der Waals surface area contributed by atoms with Gasteiger partial charge in [0.2, 0.25) is 5.88 Å². The maximum absolute atomic E-state index is 10.7. The lowest BCUT2D eigenvalue weighted by molar-refractivity contribution is 0.142. The van der Waals surface area contributed by atoms with Crippen LogP contribution in [0.5, 0.6) is 11.6 Å². The molecule has 0 saturated carbocycles. The van der Waals surface area contributed by atoms with Crippen molar-refractivity contribution in [2.24, 2.45) is 0 Å². The Bertz CT molecular complexity index is 753. The first kappa shape index (κ1) is 16.5. The lowest BCUT2D eigenvalue weighted by Crippen LogP contribution is -2.07. The molecule has 22 heavy (non-hydrogen) atoms. The van der Waals surface area contributed by atoms with Crippen LogP contribution in [0.15, 0.2) is 18.2 Å². The van der Waals surface area contributed by atoms with Crippen molar-refractivity contribution >= 4 is 46.6 Å². The Labute approximate surface area is 140 Å². The minimum atomic E-state index is -1.56. The average molecular weight is 364 g/mol. The molecule has 9 heteroatoms. The Morgan fingerprint density at radius 1 is 1.27 bits per heavy atom. The van der Waals surface area contributed by atoms with Gasteiger partial charge in [0.15, 0.2) is 5.75 Å². The highest BCUT2D eigenvalue weighted by Gasteiger charge is 2.18. The van der Waals surface area contributed by atoms with Gasteiger partial charge < -0.3 is 20.3 Å². The summed E-state index contributed by atoms with van der Waals surface area (Å²) in [5, 5.41) is 9.10. The molecule has 0 aliphatic carbocycles. The molecule has 0 amide bonds. The summed E-state index contributed by atoms with van der Waals surface area (Å²) < 4.78 is 9.61. The van der Waals surface area contributed by atoms with Crippen LogP contribution in [-0.4, -0.2) is 23.4 Å². The van der Waals surface area contributed by atoms with Gasteiger partial charge in [-0.15, -0.1) is 0 Å². The van der Waals surface area contributed by atoms with E-state index in [2.05, 4.69) is 9.72 Å². The number of pyridine rings is 1. The number of nitrogens with zero attached hydrogens (tertiary/aromatic N) is 1. The second-order valence-corrected chi connectivity index (χ2v) is 5.19.